The fourth-order valence-electron chi connectivity index (χ4n) is 2.45. The third-order valence-corrected chi connectivity index (χ3v) is 4.59. The molecule has 1 spiro atoms. The van der Waals surface area contributed by atoms with Crippen LogP contribution in [0.25, 0.3) is 0 Å². The van der Waals surface area contributed by atoms with Gasteiger partial charge in [-0.05, 0) is 0 Å². The second-order valence-corrected chi connectivity index (χ2v) is 7.90. The first-order chi connectivity index (χ1) is 10.5. The fraction of sp³-hybridized carbons (Fsp3) is 1.00. The van der Waals surface area contributed by atoms with Crippen molar-refractivity contribution in [3.63, 3.8) is 0 Å². The minimum atomic E-state index is -2.52. The number of aliphatic hydroxyl groups excluding tert-OH is 2. The molecular formula is C15H28O8. The second-order valence-electron chi connectivity index (χ2n) is 7.90. The second kappa shape index (κ2) is 6.20. The van der Waals surface area contributed by atoms with Crippen LogP contribution >= 0.6 is 0 Å². The van der Waals surface area contributed by atoms with Crippen LogP contribution < -0.4 is 0 Å². The Morgan fingerprint density at radius 2 is 1.22 bits per heavy atom. The number of ether oxygens (including phenoxy) is 4. The van der Waals surface area contributed by atoms with Crippen molar-refractivity contribution < 1.29 is 39.4 Å². The van der Waals surface area contributed by atoms with Gasteiger partial charge in [0.25, 0.3) is 5.97 Å². The van der Waals surface area contributed by atoms with Gasteiger partial charge in [-0.2, -0.15) is 0 Å². The summed E-state index contributed by atoms with van der Waals surface area (Å²) in [6.07, 6.45) is -1.64. The quantitative estimate of drug-likeness (QED) is 0.503. The van der Waals surface area contributed by atoms with E-state index in [0.717, 1.165) is 0 Å². The van der Waals surface area contributed by atoms with Crippen LogP contribution in [0.3, 0.4) is 0 Å². The lowest BCUT2D eigenvalue weighted by Gasteiger charge is -2.53. The molecule has 0 aromatic carbocycles. The number of rotatable bonds is 4. The van der Waals surface area contributed by atoms with Crippen LogP contribution in [0, 0.1) is 16.2 Å². The molecule has 136 valence electrons. The van der Waals surface area contributed by atoms with Crippen molar-refractivity contribution in [2.75, 3.05) is 33.0 Å². The summed E-state index contributed by atoms with van der Waals surface area (Å²) in [5, 5.41) is 39.5. The maximum atomic E-state index is 10.4. The van der Waals surface area contributed by atoms with Crippen LogP contribution in [0.4, 0.5) is 0 Å². The highest BCUT2D eigenvalue weighted by atomic mass is 16.8. The molecule has 0 aromatic heterocycles. The lowest BCUT2D eigenvalue weighted by molar-refractivity contribution is -0.504. The predicted molar refractivity (Wildman–Crippen MR) is 77.9 cm³/mol. The summed E-state index contributed by atoms with van der Waals surface area (Å²) < 4.78 is 22.1. The highest BCUT2D eigenvalue weighted by molar-refractivity contribution is 4.94. The molecule has 2 rings (SSSR count). The van der Waals surface area contributed by atoms with Gasteiger partial charge in [-0.25, -0.2) is 0 Å². The lowest BCUT2D eigenvalue weighted by atomic mass is 9.83. The Balaban J connectivity index is 2.08. The Labute approximate surface area is 135 Å². The van der Waals surface area contributed by atoms with E-state index in [1.165, 1.54) is 0 Å². The van der Waals surface area contributed by atoms with Crippen molar-refractivity contribution in [2.45, 2.75) is 46.2 Å². The first kappa shape index (κ1) is 19.0. The zero-order valence-corrected chi connectivity index (χ0v) is 14.1. The van der Waals surface area contributed by atoms with E-state index in [-0.39, 0.29) is 33.0 Å². The molecule has 0 bridgehead atoms. The molecule has 8 heteroatoms. The maximum absolute atomic E-state index is 10.4. The predicted octanol–water partition coefficient (Wildman–Crippen LogP) is -0.606. The lowest BCUT2D eigenvalue weighted by Crippen LogP contribution is -2.67. The number of hydrogen-bond donors (Lipinski definition) is 4. The molecule has 0 aromatic rings. The Hall–Kier alpha value is -0.320. The van der Waals surface area contributed by atoms with E-state index in [9.17, 15) is 20.4 Å². The molecule has 2 aliphatic rings. The Morgan fingerprint density at radius 1 is 0.826 bits per heavy atom. The monoisotopic (exact) mass is 336 g/mol. The van der Waals surface area contributed by atoms with Gasteiger partial charge in [0.15, 0.2) is 12.6 Å². The summed E-state index contributed by atoms with van der Waals surface area (Å²) in [5.74, 6) is -2.52. The summed E-state index contributed by atoms with van der Waals surface area (Å²) >= 11 is 0. The molecule has 2 saturated heterocycles. The maximum Gasteiger partial charge on any atom is 0.293 e. The van der Waals surface area contributed by atoms with E-state index >= 15 is 0 Å². The highest BCUT2D eigenvalue weighted by Gasteiger charge is 2.61. The number of aliphatic hydroxyl groups is 4. The van der Waals surface area contributed by atoms with Crippen molar-refractivity contribution in [1.29, 1.82) is 0 Å². The van der Waals surface area contributed by atoms with Gasteiger partial charge in [0.05, 0.1) is 33.0 Å². The molecule has 0 amide bonds. The summed E-state index contributed by atoms with van der Waals surface area (Å²) in [4.78, 5) is 0. The van der Waals surface area contributed by atoms with Crippen LogP contribution in [0.5, 0.6) is 0 Å². The van der Waals surface area contributed by atoms with Crippen LogP contribution in [-0.2, 0) is 18.9 Å². The van der Waals surface area contributed by atoms with E-state index in [2.05, 4.69) is 0 Å². The molecule has 0 aliphatic carbocycles. The van der Waals surface area contributed by atoms with E-state index in [1.807, 2.05) is 0 Å². The van der Waals surface area contributed by atoms with Gasteiger partial charge < -0.3 is 34.6 Å². The summed E-state index contributed by atoms with van der Waals surface area (Å²) in [6.45, 7) is 6.43. The van der Waals surface area contributed by atoms with Gasteiger partial charge in [0.1, 0.15) is 5.41 Å². The molecule has 2 aliphatic heterocycles. The largest absolute Gasteiger partial charge is 0.396 e. The molecular weight excluding hydrogens is 308 g/mol. The Kier molecular flexibility index (Phi) is 5.12. The standard InChI is InChI=1S/C15H28O8/c1-12(2,5-16)10-20-7-14(8-21-10)9-22-11(13(3,4)6-17)23-15(14,18)19/h10-11,16-19H,5-9H2,1-4H3. The zero-order valence-electron chi connectivity index (χ0n) is 14.1. The van der Waals surface area contributed by atoms with E-state index < -0.39 is 34.8 Å². The van der Waals surface area contributed by atoms with Gasteiger partial charge in [0, 0.05) is 10.8 Å². The summed E-state index contributed by atoms with van der Waals surface area (Å²) in [7, 11) is 0. The third kappa shape index (κ3) is 3.40. The van der Waals surface area contributed by atoms with Gasteiger partial charge in [-0.1, -0.05) is 27.7 Å². The van der Waals surface area contributed by atoms with Gasteiger partial charge in [-0.3, -0.25) is 4.74 Å². The van der Waals surface area contributed by atoms with Crippen molar-refractivity contribution in [3.8, 4) is 0 Å². The average Bonchev–Trinajstić information content (AvgIpc) is 2.50. The smallest absolute Gasteiger partial charge is 0.293 e. The SMILES string of the molecule is CC(C)(CO)C1OCC2(CO1)COC(C(C)(C)CO)OC2(O)O. The van der Waals surface area contributed by atoms with E-state index in [4.69, 9.17) is 18.9 Å². The summed E-state index contributed by atoms with van der Waals surface area (Å²) in [6, 6.07) is 0. The average molecular weight is 336 g/mol. The van der Waals surface area contributed by atoms with Gasteiger partial charge >= 0.3 is 0 Å². The third-order valence-electron chi connectivity index (χ3n) is 4.59. The first-order valence-electron chi connectivity index (χ1n) is 7.69. The molecule has 4 N–H and O–H groups in total. The van der Waals surface area contributed by atoms with Crippen LogP contribution in [-0.4, -0.2) is 72.0 Å². The normalized spacial score (nSPS) is 35.5. The molecule has 1 atom stereocenters. The minimum absolute atomic E-state index is 0.0552. The minimum Gasteiger partial charge on any atom is -0.396 e. The summed E-state index contributed by atoms with van der Waals surface area (Å²) in [5.41, 5.74) is -2.71. The fourth-order valence-corrected chi connectivity index (χ4v) is 2.45. The van der Waals surface area contributed by atoms with Crippen LogP contribution in [0.1, 0.15) is 27.7 Å². The topological polar surface area (TPSA) is 118 Å². The molecule has 23 heavy (non-hydrogen) atoms. The molecule has 0 radical (unpaired) electrons. The Bertz CT molecular complexity index is 403. The molecule has 2 heterocycles. The Morgan fingerprint density at radius 3 is 1.65 bits per heavy atom. The highest BCUT2D eigenvalue weighted by Crippen LogP contribution is 2.45. The van der Waals surface area contributed by atoms with Crippen molar-refractivity contribution in [2.24, 2.45) is 16.2 Å². The van der Waals surface area contributed by atoms with E-state index in [1.54, 1.807) is 27.7 Å². The van der Waals surface area contributed by atoms with Crippen molar-refractivity contribution in [1.82, 2.24) is 0 Å². The molecule has 0 saturated carbocycles. The first-order valence-corrected chi connectivity index (χ1v) is 7.69. The van der Waals surface area contributed by atoms with E-state index in [0.29, 0.717) is 0 Å². The molecule has 1 unspecified atom stereocenters. The van der Waals surface area contributed by atoms with Crippen molar-refractivity contribution in [3.05, 3.63) is 0 Å². The number of hydrogen-bond acceptors (Lipinski definition) is 8. The van der Waals surface area contributed by atoms with Gasteiger partial charge in [0.2, 0.25) is 0 Å². The molecule has 2 fully saturated rings. The van der Waals surface area contributed by atoms with Crippen molar-refractivity contribution >= 4 is 0 Å². The molecule has 8 nitrogen and oxygen atoms in total. The zero-order chi connectivity index (χ0) is 17.5. The van der Waals surface area contributed by atoms with Gasteiger partial charge in [-0.15, -0.1) is 0 Å². The van der Waals surface area contributed by atoms with Crippen LogP contribution in [0.15, 0.2) is 0 Å². The van der Waals surface area contributed by atoms with Crippen LogP contribution in [0.2, 0.25) is 0 Å².